The van der Waals surface area contributed by atoms with Crippen molar-refractivity contribution in [3.8, 4) is 0 Å². The SMILES string of the molecule is Cc1cc2c(cc1C)C1CCCCC1CC2. The number of rotatable bonds is 0. The Kier molecular flexibility index (Phi) is 2.53. The van der Waals surface area contributed by atoms with Gasteiger partial charge in [-0.2, -0.15) is 0 Å². The van der Waals surface area contributed by atoms with Crippen LogP contribution in [0, 0.1) is 19.8 Å². The van der Waals surface area contributed by atoms with E-state index in [1.807, 2.05) is 0 Å². The van der Waals surface area contributed by atoms with Crippen LogP contribution in [-0.2, 0) is 6.42 Å². The predicted molar refractivity (Wildman–Crippen MR) is 68.9 cm³/mol. The number of hydrogen-bond acceptors (Lipinski definition) is 0. The zero-order valence-corrected chi connectivity index (χ0v) is 10.6. The van der Waals surface area contributed by atoms with Crippen LogP contribution < -0.4 is 0 Å². The third-order valence-corrected chi connectivity index (χ3v) is 4.85. The average Bonchev–Trinajstić information content (AvgIpc) is 2.31. The minimum atomic E-state index is 0.900. The lowest BCUT2D eigenvalue weighted by atomic mass is 9.67. The fourth-order valence-corrected chi connectivity index (χ4v) is 3.76. The van der Waals surface area contributed by atoms with Crippen LogP contribution in [0.25, 0.3) is 0 Å². The smallest absolute Gasteiger partial charge is 0.0131 e. The van der Waals surface area contributed by atoms with Crippen LogP contribution in [0.5, 0.6) is 0 Å². The summed E-state index contributed by atoms with van der Waals surface area (Å²) in [6.45, 7) is 4.52. The van der Waals surface area contributed by atoms with Gasteiger partial charge in [0.2, 0.25) is 0 Å². The van der Waals surface area contributed by atoms with Gasteiger partial charge in [0.15, 0.2) is 0 Å². The molecule has 0 radical (unpaired) electrons. The van der Waals surface area contributed by atoms with E-state index in [2.05, 4.69) is 26.0 Å². The molecule has 2 unspecified atom stereocenters. The van der Waals surface area contributed by atoms with E-state index in [1.54, 1.807) is 11.1 Å². The average molecular weight is 214 g/mol. The zero-order valence-electron chi connectivity index (χ0n) is 10.6. The van der Waals surface area contributed by atoms with Gasteiger partial charge >= 0.3 is 0 Å². The van der Waals surface area contributed by atoms with Gasteiger partial charge in [-0.15, -0.1) is 0 Å². The first-order valence-corrected chi connectivity index (χ1v) is 6.86. The number of benzene rings is 1. The second kappa shape index (κ2) is 3.91. The molecule has 1 aromatic rings. The van der Waals surface area contributed by atoms with Crippen molar-refractivity contribution in [3.05, 3.63) is 34.4 Å². The highest BCUT2D eigenvalue weighted by Crippen LogP contribution is 2.45. The van der Waals surface area contributed by atoms with Crippen LogP contribution in [0.4, 0.5) is 0 Å². The van der Waals surface area contributed by atoms with Crippen molar-refractivity contribution < 1.29 is 0 Å². The minimum absolute atomic E-state index is 0.900. The molecular formula is C16H22. The molecule has 0 aromatic heterocycles. The molecule has 16 heavy (non-hydrogen) atoms. The van der Waals surface area contributed by atoms with E-state index in [-0.39, 0.29) is 0 Å². The molecular weight excluding hydrogens is 192 g/mol. The fourth-order valence-electron chi connectivity index (χ4n) is 3.76. The molecule has 86 valence electrons. The molecule has 0 saturated heterocycles. The van der Waals surface area contributed by atoms with E-state index in [0.29, 0.717) is 0 Å². The van der Waals surface area contributed by atoms with Crippen LogP contribution in [0.3, 0.4) is 0 Å². The van der Waals surface area contributed by atoms with E-state index in [0.717, 1.165) is 11.8 Å². The first kappa shape index (κ1) is 10.4. The maximum absolute atomic E-state index is 2.49. The third kappa shape index (κ3) is 1.59. The monoisotopic (exact) mass is 214 g/mol. The predicted octanol–water partition coefficient (Wildman–Crippen LogP) is 4.52. The Morgan fingerprint density at radius 3 is 2.56 bits per heavy atom. The molecule has 1 fully saturated rings. The van der Waals surface area contributed by atoms with Crippen LogP contribution in [0.15, 0.2) is 12.1 Å². The van der Waals surface area contributed by atoms with Crippen molar-refractivity contribution in [3.63, 3.8) is 0 Å². The number of fused-ring (bicyclic) bond motifs is 3. The molecule has 0 heteroatoms. The molecule has 2 aliphatic carbocycles. The molecule has 0 bridgehead atoms. The second-order valence-electron chi connectivity index (χ2n) is 5.82. The van der Waals surface area contributed by atoms with Crippen molar-refractivity contribution in [1.29, 1.82) is 0 Å². The standard InChI is InChI=1S/C16H22/c1-11-9-14-8-7-13-5-3-4-6-15(13)16(14)10-12(11)2/h9-10,13,15H,3-8H2,1-2H3. The highest BCUT2D eigenvalue weighted by Gasteiger charge is 2.31. The van der Waals surface area contributed by atoms with Crippen LogP contribution >= 0.6 is 0 Å². The Morgan fingerprint density at radius 1 is 0.938 bits per heavy atom. The van der Waals surface area contributed by atoms with E-state index in [4.69, 9.17) is 0 Å². The summed E-state index contributed by atoms with van der Waals surface area (Å²) in [6, 6.07) is 4.95. The van der Waals surface area contributed by atoms with Crippen molar-refractivity contribution in [2.24, 2.45) is 5.92 Å². The Labute approximate surface area is 99.1 Å². The molecule has 3 rings (SSSR count). The molecule has 0 amide bonds. The van der Waals surface area contributed by atoms with Gasteiger partial charge in [0.25, 0.3) is 0 Å². The van der Waals surface area contributed by atoms with Crippen LogP contribution in [-0.4, -0.2) is 0 Å². The molecule has 2 atom stereocenters. The summed E-state index contributed by atoms with van der Waals surface area (Å²) in [4.78, 5) is 0. The zero-order chi connectivity index (χ0) is 11.1. The lowest BCUT2D eigenvalue weighted by Crippen LogP contribution is -2.24. The first-order chi connectivity index (χ1) is 7.75. The van der Waals surface area contributed by atoms with E-state index >= 15 is 0 Å². The molecule has 2 aliphatic rings. The number of hydrogen-bond donors (Lipinski definition) is 0. The topological polar surface area (TPSA) is 0 Å². The summed E-state index contributed by atoms with van der Waals surface area (Å²) in [5.41, 5.74) is 6.34. The second-order valence-corrected chi connectivity index (χ2v) is 5.82. The van der Waals surface area contributed by atoms with Crippen molar-refractivity contribution in [2.45, 2.75) is 58.3 Å². The highest BCUT2D eigenvalue weighted by molar-refractivity contribution is 5.41. The molecule has 0 heterocycles. The summed E-state index contributed by atoms with van der Waals surface area (Å²) in [5.74, 6) is 1.90. The van der Waals surface area contributed by atoms with Gasteiger partial charge in [-0.05, 0) is 73.6 Å². The quantitative estimate of drug-likeness (QED) is 0.595. The summed E-state index contributed by atoms with van der Waals surface area (Å²) in [7, 11) is 0. The van der Waals surface area contributed by atoms with Crippen LogP contribution in [0.2, 0.25) is 0 Å². The van der Waals surface area contributed by atoms with Gasteiger partial charge in [-0.3, -0.25) is 0 Å². The largest absolute Gasteiger partial charge is 0.0556 e. The van der Waals surface area contributed by atoms with Gasteiger partial charge in [-0.1, -0.05) is 25.0 Å². The molecule has 1 aromatic carbocycles. The van der Waals surface area contributed by atoms with Gasteiger partial charge in [-0.25, -0.2) is 0 Å². The molecule has 0 N–H and O–H groups in total. The highest BCUT2D eigenvalue weighted by atomic mass is 14.4. The van der Waals surface area contributed by atoms with E-state index in [1.165, 1.54) is 49.7 Å². The van der Waals surface area contributed by atoms with Gasteiger partial charge in [0, 0.05) is 0 Å². The molecule has 0 spiro atoms. The lowest BCUT2D eigenvalue weighted by molar-refractivity contribution is 0.275. The van der Waals surface area contributed by atoms with Crippen molar-refractivity contribution in [2.75, 3.05) is 0 Å². The maximum Gasteiger partial charge on any atom is -0.0131 e. The van der Waals surface area contributed by atoms with E-state index < -0.39 is 0 Å². The molecule has 0 aliphatic heterocycles. The Balaban J connectivity index is 2.04. The Morgan fingerprint density at radius 2 is 1.69 bits per heavy atom. The molecule has 1 saturated carbocycles. The number of aryl methyl sites for hydroxylation is 3. The summed E-state index contributed by atoms with van der Waals surface area (Å²) < 4.78 is 0. The van der Waals surface area contributed by atoms with Crippen molar-refractivity contribution >= 4 is 0 Å². The lowest BCUT2D eigenvalue weighted by Gasteiger charge is -2.37. The third-order valence-electron chi connectivity index (χ3n) is 4.85. The summed E-state index contributed by atoms with van der Waals surface area (Å²) in [6.07, 6.45) is 8.63. The minimum Gasteiger partial charge on any atom is -0.0556 e. The van der Waals surface area contributed by atoms with Crippen LogP contribution in [0.1, 0.15) is 60.3 Å². The Hall–Kier alpha value is -0.780. The normalized spacial score (nSPS) is 28.4. The first-order valence-electron chi connectivity index (χ1n) is 6.86. The van der Waals surface area contributed by atoms with Gasteiger partial charge in [0.05, 0.1) is 0 Å². The summed E-state index contributed by atoms with van der Waals surface area (Å²) in [5, 5.41) is 0. The van der Waals surface area contributed by atoms with Gasteiger partial charge in [0.1, 0.15) is 0 Å². The fraction of sp³-hybridized carbons (Fsp3) is 0.625. The maximum atomic E-state index is 2.49. The van der Waals surface area contributed by atoms with E-state index in [9.17, 15) is 0 Å². The van der Waals surface area contributed by atoms with Crippen molar-refractivity contribution in [1.82, 2.24) is 0 Å². The Bertz CT molecular complexity index is 403. The summed E-state index contributed by atoms with van der Waals surface area (Å²) >= 11 is 0. The van der Waals surface area contributed by atoms with Gasteiger partial charge < -0.3 is 0 Å². The molecule has 0 nitrogen and oxygen atoms in total.